The molecular weight excluding hydrogens is 308 g/mol. The van der Waals surface area contributed by atoms with Crippen LogP contribution in [0.5, 0.6) is 0 Å². The molecule has 0 aromatic heterocycles. The summed E-state index contributed by atoms with van der Waals surface area (Å²) in [4.78, 5) is 27.8. The van der Waals surface area contributed by atoms with Crippen LogP contribution in [0.15, 0.2) is 24.3 Å². The lowest BCUT2D eigenvalue weighted by Crippen LogP contribution is -2.54. The van der Waals surface area contributed by atoms with Crippen molar-refractivity contribution in [3.05, 3.63) is 29.8 Å². The van der Waals surface area contributed by atoms with Crippen molar-refractivity contribution >= 4 is 17.7 Å². The standard InChI is InChI=1S/C17H22N4O3/c1-3-24-17(23)21-9-7-20(8-10-21)13(2)16(22)19-15-6-4-5-14(11-15)12-18/h4-6,11,13H,3,7-10H2,1-2H3,(H,19,22)/t13-/m1/s1. The summed E-state index contributed by atoms with van der Waals surface area (Å²) in [6, 6.07) is 8.55. The number of piperazine rings is 1. The van der Waals surface area contributed by atoms with Crippen molar-refractivity contribution in [3.63, 3.8) is 0 Å². The lowest BCUT2D eigenvalue weighted by Gasteiger charge is -2.36. The van der Waals surface area contributed by atoms with E-state index in [-0.39, 0.29) is 18.0 Å². The Hall–Kier alpha value is -2.59. The molecule has 1 aliphatic heterocycles. The van der Waals surface area contributed by atoms with Gasteiger partial charge in [-0.15, -0.1) is 0 Å². The van der Waals surface area contributed by atoms with Crippen molar-refractivity contribution in [1.29, 1.82) is 5.26 Å². The Morgan fingerprint density at radius 3 is 2.67 bits per heavy atom. The fourth-order valence-corrected chi connectivity index (χ4v) is 2.59. The van der Waals surface area contributed by atoms with E-state index < -0.39 is 0 Å². The summed E-state index contributed by atoms with van der Waals surface area (Å²) in [7, 11) is 0. The Morgan fingerprint density at radius 1 is 1.33 bits per heavy atom. The van der Waals surface area contributed by atoms with E-state index in [1.54, 1.807) is 36.1 Å². The molecule has 2 rings (SSSR count). The number of hydrogen-bond acceptors (Lipinski definition) is 5. The summed E-state index contributed by atoms with van der Waals surface area (Å²) >= 11 is 0. The number of rotatable bonds is 4. The average Bonchev–Trinajstić information content (AvgIpc) is 2.61. The van der Waals surface area contributed by atoms with Crippen LogP contribution >= 0.6 is 0 Å². The first-order valence-corrected chi connectivity index (χ1v) is 8.02. The van der Waals surface area contributed by atoms with Gasteiger partial charge in [-0.3, -0.25) is 9.69 Å². The summed E-state index contributed by atoms with van der Waals surface area (Å²) in [5.74, 6) is -0.130. The Morgan fingerprint density at radius 2 is 2.04 bits per heavy atom. The Kier molecular flexibility index (Phi) is 6.15. The van der Waals surface area contributed by atoms with Crippen LogP contribution in [-0.2, 0) is 9.53 Å². The molecule has 2 amide bonds. The quantitative estimate of drug-likeness (QED) is 0.907. The van der Waals surface area contributed by atoms with Gasteiger partial charge < -0.3 is 15.0 Å². The molecule has 128 valence electrons. The van der Waals surface area contributed by atoms with Gasteiger partial charge in [-0.2, -0.15) is 5.26 Å². The molecule has 1 aromatic rings. The molecule has 1 fully saturated rings. The second kappa shape index (κ2) is 8.31. The maximum atomic E-state index is 12.4. The van der Waals surface area contributed by atoms with Crippen LogP contribution in [0.1, 0.15) is 19.4 Å². The van der Waals surface area contributed by atoms with Crippen LogP contribution in [0.2, 0.25) is 0 Å². The maximum Gasteiger partial charge on any atom is 0.409 e. The minimum Gasteiger partial charge on any atom is -0.450 e. The van der Waals surface area contributed by atoms with Crippen molar-refractivity contribution in [2.45, 2.75) is 19.9 Å². The molecule has 0 unspecified atom stereocenters. The van der Waals surface area contributed by atoms with Gasteiger partial charge in [0, 0.05) is 31.9 Å². The first kappa shape index (κ1) is 17.8. The number of ether oxygens (including phenoxy) is 1. The maximum absolute atomic E-state index is 12.4. The topological polar surface area (TPSA) is 85.7 Å². The van der Waals surface area contributed by atoms with Gasteiger partial charge in [-0.1, -0.05) is 6.07 Å². The predicted molar refractivity (Wildman–Crippen MR) is 89.4 cm³/mol. The van der Waals surface area contributed by atoms with E-state index in [2.05, 4.69) is 5.32 Å². The summed E-state index contributed by atoms with van der Waals surface area (Å²) in [5, 5.41) is 11.7. The number of nitrogens with zero attached hydrogens (tertiary/aromatic N) is 3. The van der Waals surface area contributed by atoms with Crippen LogP contribution in [0.25, 0.3) is 0 Å². The minimum atomic E-state index is -0.319. The fraction of sp³-hybridized carbons (Fsp3) is 0.471. The zero-order chi connectivity index (χ0) is 17.5. The van der Waals surface area contributed by atoms with Crippen molar-refractivity contribution in [2.24, 2.45) is 0 Å². The van der Waals surface area contributed by atoms with Crippen molar-refractivity contribution in [3.8, 4) is 6.07 Å². The second-order valence-electron chi connectivity index (χ2n) is 5.58. The molecule has 7 heteroatoms. The number of nitrogens with one attached hydrogen (secondary N) is 1. The van der Waals surface area contributed by atoms with Crippen LogP contribution in [0.3, 0.4) is 0 Å². The summed E-state index contributed by atoms with van der Waals surface area (Å²) in [5.41, 5.74) is 1.11. The Labute approximate surface area is 141 Å². The molecule has 1 heterocycles. The fourth-order valence-electron chi connectivity index (χ4n) is 2.59. The van der Waals surface area contributed by atoms with E-state index in [0.717, 1.165) is 0 Å². The first-order chi connectivity index (χ1) is 11.5. The van der Waals surface area contributed by atoms with Gasteiger partial charge >= 0.3 is 6.09 Å². The highest BCUT2D eigenvalue weighted by Gasteiger charge is 2.28. The van der Waals surface area contributed by atoms with E-state index >= 15 is 0 Å². The zero-order valence-electron chi connectivity index (χ0n) is 14.0. The van der Waals surface area contributed by atoms with Gasteiger partial charge in [0.1, 0.15) is 0 Å². The monoisotopic (exact) mass is 330 g/mol. The molecule has 0 saturated carbocycles. The second-order valence-corrected chi connectivity index (χ2v) is 5.58. The SMILES string of the molecule is CCOC(=O)N1CCN([C@H](C)C(=O)Nc2cccc(C#N)c2)CC1. The summed E-state index contributed by atoms with van der Waals surface area (Å²) < 4.78 is 4.99. The largest absolute Gasteiger partial charge is 0.450 e. The Bertz CT molecular complexity index is 633. The normalized spacial score (nSPS) is 16.1. The van der Waals surface area contributed by atoms with E-state index in [1.165, 1.54) is 0 Å². The predicted octanol–water partition coefficient (Wildman–Crippen LogP) is 1.66. The molecule has 0 spiro atoms. The number of anilines is 1. The highest BCUT2D eigenvalue weighted by atomic mass is 16.6. The molecule has 1 aliphatic rings. The average molecular weight is 330 g/mol. The summed E-state index contributed by atoms with van der Waals surface area (Å²) in [6.45, 7) is 6.29. The lowest BCUT2D eigenvalue weighted by atomic mass is 10.2. The molecular formula is C17H22N4O3. The molecule has 0 bridgehead atoms. The number of amides is 2. The van der Waals surface area contributed by atoms with Crippen molar-refractivity contribution < 1.29 is 14.3 Å². The molecule has 0 radical (unpaired) electrons. The number of carbonyl (C=O) groups is 2. The van der Waals surface area contributed by atoms with Crippen LogP contribution < -0.4 is 5.32 Å². The first-order valence-electron chi connectivity index (χ1n) is 8.02. The number of carbonyl (C=O) groups excluding carboxylic acids is 2. The lowest BCUT2D eigenvalue weighted by molar-refractivity contribution is -0.121. The van der Waals surface area contributed by atoms with Gasteiger partial charge in [0.15, 0.2) is 0 Å². The highest BCUT2D eigenvalue weighted by molar-refractivity contribution is 5.94. The van der Waals surface area contributed by atoms with Gasteiger partial charge in [-0.25, -0.2) is 4.79 Å². The molecule has 1 N–H and O–H groups in total. The molecule has 0 aliphatic carbocycles. The van der Waals surface area contributed by atoms with Crippen LogP contribution in [0.4, 0.5) is 10.5 Å². The third kappa shape index (κ3) is 4.46. The zero-order valence-corrected chi connectivity index (χ0v) is 14.0. The van der Waals surface area contributed by atoms with Gasteiger partial charge in [0.05, 0.1) is 24.3 Å². The molecule has 1 atom stereocenters. The molecule has 24 heavy (non-hydrogen) atoms. The molecule has 1 saturated heterocycles. The van der Waals surface area contributed by atoms with Crippen molar-refractivity contribution in [1.82, 2.24) is 9.80 Å². The van der Waals surface area contributed by atoms with E-state index in [4.69, 9.17) is 10.00 Å². The van der Waals surface area contributed by atoms with Gasteiger partial charge in [0.2, 0.25) is 5.91 Å². The Balaban J connectivity index is 1.88. The van der Waals surface area contributed by atoms with Crippen LogP contribution in [-0.4, -0.2) is 60.6 Å². The van der Waals surface area contributed by atoms with Crippen LogP contribution in [0, 0.1) is 11.3 Å². The van der Waals surface area contributed by atoms with Gasteiger partial charge in [-0.05, 0) is 32.0 Å². The number of hydrogen-bond donors (Lipinski definition) is 1. The van der Waals surface area contributed by atoms with E-state index in [1.807, 2.05) is 17.9 Å². The molecule has 1 aromatic carbocycles. The van der Waals surface area contributed by atoms with E-state index in [9.17, 15) is 9.59 Å². The van der Waals surface area contributed by atoms with Gasteiger partial charge in [0.25, 0.3) is 0 Å². The third-order valence-corrected chi connectivity index (χ3v) is 4.03. The van der Waals surface area contributed by atoms with Crippen molar-refractivity contribution in [2.75, 3.05) is 38.1 Å². The summed E-state index contributed by atoms with van der Waals surface area (Å²) in [6.07, 6.45) is -0.303. The number of benzene rings is 1. The smallest absolute Gasteiger partial charge is 0.409 e. The number of nitriles is 1. The minimum absolute atomic E-state index is 0.130. The third-order valence-electron chi connectivity index (χ3n) is 4.03. The highest BCUT2D eigenvalue weighted by Crippen LogP contribution is 2.13. The van der Waals surface area contributed by atoms with E-state index in [0.29, 0.717) is 44.0 Å². The molecule has 7 nitrogen and oxygen atoms in total.